The second kappa shape index (κ2) is 3.86. The lowest BCUT2D eigenvalue weighted by Gasteiger charge is -2.16. The molecular weight excluding hydrogens is 186 g/mol. The van der Waals surface area contributed by atoms with E-state index in [1.54, 1.807) is 0 Å². The Morgan fingerprint density at radius 3 is 2.73 bits per heavy atom. The molecule has 0 aromatic heterocycles. The zero-order chi connectivity index (χ0) is 10.1. The molecule has 2 aliphatic rings. The Bertz CT molecular complexity index is 340. The summed E-state index contributed by atoms with van der Waals surface area (Å²) in [7, 11) is 0. The number of hydrogen-bond donors (Lipinski definition) is 1. The molecule has 1 unspecified atom stereocenters. The predicted octanol–water partition coefficient (Wildman–Crippen LogP) is 2.65. The summed E-state index contributed by atoms with van der Waals surface area (Å²) in [4.78, 5) is 0. The lowest BCUT2D eigenvalue weighted by atomic mass is 10.0. The summed E-state index contributed by atoms with van der Waals surface area (Å²) in [5.74, 6) is 1.10. The molecule has 1 aromatic carbocycles. The number of benzene rings is 1. The summed E-state index contributed by atoms with van der Waals surface area (Å²) in [6, 6.07) is 8.99. The summed E-state index contributed by atoms with van der Waals surface area (Å²) in [5, 5.41) is 3.53. The van der Waals surface area contributed by atoms with Crippen LogP contribution in [0.25, 0.3) is 0 Å². The van der Waals surface area contributed by atoms with Crippen LogP contribution in [0.2, 0.25) is 0 Å². The Labute approximate surface area is 90.6 Å². The highest BCUT2D eigenvalue weighted by molar-refractivity contribution is 5.36. The van der Waals surface area contributed by atoms with Crippen molar-refractivity contribution in [3.8, 4) is 5.75 Å². The van der Waals surface area contributed by atoms with Crippen LogP contribution in [0.4, 0.5) is 0 Å². The van der Waals surface area contributed by atoms with Gasteiger partial charge in [-0.25, -0.2) is 0 Å². The van der Waals surface area contributed by atoms with Crippen molar-refractivity contribution < 1.29 is 4.74 Å². The lowest BCUT2D eigenvalue weighted by molar-refractivity contribution is 0.297. The van der Waals surface area contributed by atoms with E-state index in [2.05, 4.69) is 29.6 Å². The molecule has 1 aliphatic carbocycles. The summed E-state index contributed by atoms with van der Waals surface area (Å²) < 4.78 is 5.93. The van der Waals surface area contributed by atoms with E-state index in [-0.39, 0.29) is 0 Å². The van der Waals surface area contributed by atoms with E-state index in [9.17, 15) is 0 Å². The minimum atomic E-state index is 0.493. The van der Waals surface area contributed by atoms with Crippen molar-refractivity contribution >= 4 is 0 Å². The normalized spacial score (nSPS) is 25.5. The number of rotatable bonds is 3. The first-order chi connectivity index (χ1) is 7.43. The zero-order valence-corrected chi connectivity index (χ0v) is 8.91. The molecule has 0 radical (unpaired) electrons. The van der Waals surface area contributed by atoms with Crippen LogP contribution in [-0.2, 0) is 0 Å². The summed E-state index contributed by atoms with van der Waals surface area (Å²) in [5.41, 5.74) is 1.35. The molecule has 0 amide bonds. The molecule has 0 spiro atoms. The molecule has 1 N–H and O–H groups in total. The summed E-state index contributed by atoms with van der Waals surface area (Å²) >= 11 is 0. The van der Waals surface area contributed by atoms with E-state index in [1.165, 1.54) is 31.2 Å². The zero-order valence-electron chi connectivity index (χ0n) is 8.91. The summed E-state index contributed by atoms with van der Waals surface area (Å²) in [6.45, 7) is 1.14. The third-order valence-electron chi connectivity index (χ3n) is 3.17. The Morgan fingerprint density at radius 1 is 1.13 bits per heavy atom. The molecule has 0 bridgehead atoms. The van der Waals surface area contributed by atoms with Gasteiger partial charge >= 0.3 is 0 Å². The van der Waals surface area contributed by atoms with E-state index in [0.29, 0.717) is 12.1 Å². The molecule has 1 aliphatic heterocycles. The van der Waals surface area contributed by atoms with E-state index < -0.39 is 0 Å². The van der Waals surface area contributed by atoms with E-state index in [0.717, 1.165) is 12.3 Å². The van der Waals surface area contributed by atoms with Gasteiger partial charge in [-0.2, -0.15) is 0 Å². The molecule has 80 valence electrons. The smallest absolute Gasteiger partial charge is 0.124 e. The van der Waals surface area contributed by atoms with Crippen LogP contribution in [0, 0.1) is 0 Å². The van der Waals surface area contributed by atoms with Crippen LogP contribution in [-0.4, -0.2) is 12.6 Å². The van der Waals surface area contributed by atoms with Gasteiger partial charge in [0.15, 0.2) is 0 Å². The standard InChI is InChI=1S/C13H17NO/c1-2-6-13(15-10-7-8-10)11(4-1)12-5-3-9-14-12/h1-2,4,6,10,12,14H,3,5,7-9H2. The van der Waals surface area contributed by atoms with E-state index >= 15 is 0 Å². The molecule has 2 fully saturated rings. The highest BCUT2D eigenvalue weighted by Gasteiger charge is 2.26. The third kappa shape index (κ3) is 2.00. The first kappa shape index (κ1) is 9.22. The Morgan fingerprint density at radius 2 is 2.00 bits per heavy atom. The number of ether oxygens (including phenoxy) is 1. The van der Waals surface area contributed by atoms with Crippen LogP contribution >= 0.6 is 0 Å². The minimum Gasteiger partial charge on any atom is -0.490 e. The molecule has 1 atom stereocenters. The van der Waals surface area contributed by atoms with Gasteiger partial charge in [-0.15, -0.1) is 0 Å². The molecule has 2 heteroatoms. The molecule has 1 saturated heterocycles. The largest absolute Gasteiger partial charge is 0.490 e. The van der Waals surface area contributed by atoms with Crippen molar-refractivity contribution in [3.05, 3.63) is 29.8 Å². The molecule has 2 nitrogen and oxygen atoms in total. The fourth-order valence-electron chi connectivity index (χ4n) is 2.19. The SMILES string of the molecule is c1ccc(C2CCCN2)c(OC2CC2)c1. The molecule has 1 saturated carbocycles. The van der Waals surface area contributed by atoms with Crippen LogP contribution < -0.4 is 10.1 Å². The average Bonchev–Trinajstić information content (AvgIpc) is 2.93. The van der Waals surface area contributed by atoms with Gasteiger partial charge in [-0.1, -0.05) is 18.2 Å². The Hall–Kier alpha value is -1.02. The number of para-hydroxylation sites is 1. The Balaban J connectivity index is 1.83. The summed E-state index contributed by atoms with van der Waals surface area (Å²) in [6.07, 6.45) is 5.47. The van der Waals surface area contributed by atoms with E-state index in [4.69, 9.17) is 4.74 Å². The molecule has 1 aromatic rings. The fourth-order valence-corrected chi connectivity index (χ4v) is 2.19. The molecule has 3 rings (SSSR count). The number of hydrogen-bond acceptors (Lipinski definition) is 2. The maximum absolute atomic E-state index is 5.93. The monoisotopic (exact) mass is 203 g/mol. The fraction of sp³-hybridized carbons (Fsp3) is 0.538. The van der Waals surface area contributed by atoms with Crippen molar-refractivity contribution in [2.75, 3.05) is 6.54 Å². The van der Waals surface area contributed by atoms with E-state index in [1.807, 2.05) is 0 Å². The van der Waals surface area contributed by atoms with Gasteiger partial charge in [-0.05, 0) is 38.3 Å². The van der Waals surface area contributed by atoms with Gasteiger partial charge in [-0.3, -0.25) is 0 Å². The van der Waals surface area contributed by atoms with Gasteiger partial charge in [0, 0.05) is 11.6 Å². The van der Waals surface area contributed by atoms with Gasteiger partial charge in [0.2, 0.25) is 0 Å². The first-order valence-electron chi connectivity index (χ1n) is 5.92. The number of nitrogens with one attached hydrogen (secondary N) is 1. The molecular formula is C13H17NO. The highest BCUT2D eigenvalue weighted by atomic mass is 16.5. The van der Waals surface area contributed by atoms with Gasteiger partial charge < -0.3 is 10.1 Å². The van der Waals surface area contributed by atoms with Crippen molar-refractivity contribution in [1.29, 1.82) is 0 Å². The van der Waals surface area contributed by atoms with Crippen molar-refractivity contribution in [2.24, 2.45) is 0 Å². The van der Waals surface area contributed by atoms with Crippen LogP contribution in [0.3, 0.4) is 0 Å². The predicted molar refractivity (Wildman–Crippen MR) is 60.1 cm³/mol. The van der Waals surface area contributed by atoms with Crippen molar-refractivity contribution in [3.63, 3.8) is 0 Å². The second-order valence-corrected chi connectivity index (χ2v) is 4.50. The average molecular weight is 203 g/mol. The minimum absolute atomic E-state index is 0.493. The Kier molecular flexibility index (Phi) is 2.37. The second-order valence-electron chi connectivity index (χ2n) is 4.50. The highest BCUT2D eigenvalue weighted by Crippen LogP contribution is 2.34. The van der Waals surface area contributed by atoms with Crippen molar-refractivity contribution in [1.82, 2.24) is 5.32 Å². The van der Waals surface area contributed by atoms with Gasteiger partial charge in [0.05, 0.1) is 6.10 Å². The first-order valence-corrected chi connectivity index (χ1v) is 5.92. The van der Waals surface area contributed by atoms with Crippen LogP contribution in [0.15, 0.2) is 24.3 Å². The molecule has 15 heavy (non-hydrogen) atoms. The lowest BCUT2D eigenvalue weighted by Crippen LogP contribution is -2.14. The maximum Gasteiger partial charge on any atom is 0.124 e. The van der Waals surface area contributed by atoms with Crippen LogP contribution in [0.1, 0.15) is 37.3 Å². The van der Waals surface area contributed by atoms with Gasteiger partial charge in [0.25, 0.3) is 0 Å². The van der Waals surface area contributed by atoms with Crippen molar-refractivity contribution in [2.45, 2.75) is 37.8 Å². The topological polar surface area (TPSA) is 21.3 Å². The quantitative estimate of drug-likeness (QED) is 0.815. The maximum atomic E-state index is 5.93. The molecule has 1 heterocycles. The van der Waals surface area contributed by atoms with Crippen LogP contribution in [0.5, 0.6) is 5.75 Å². The van der Waals surface area contributed by atoms with Gasteiger partial charge in [0.1, 0.15) is 5.75 Å². The third-order valence-corrected chi connectivity index (χ3v) is 3.17.